The molecule has 26 heavy (non-hydrogen) atoms. The minimum Gasteiger partial charge on any atom is -0.368 e. The summed E-state index contributed by atoms with van der Waals surface area (Å²) in [6, 6.07) is 2.24. The van der Waals surface area contributed by atoms with Crippen molar-refractivity contribution in [1.29, 1.82) is 0 Å². The normalized spacial score (nSPS) is 28.5. The van der Waals surface area contributed by atoms with Crippen molar-refractivity contribution in [2.75, 3.05) is 50.7 Å². The summed E-state index contributed by atoms with van der Waals surface area (Å²) in [6.45, 7) is 7.41. The summed E-state index contributed by atoms with van der Waals surface area (Å²) >= 11 is 1.71. The number of carbonyl (C=O) groups is 1. The van der Waals surface area contributed by atoms with Crippen molar-refractivity contribution in [3.8, 4) is 0 Å². The Kier molecular flexibility index (Phi) is 4.30. The van der Waals surface area contributed by atoms with Crippen LogP contribution >= 0.6 is 11.3 Å². The standard InChI is InChI=1S/C19H25N5OS/c25-19(22-14-7-13-1-4-23(10-13)11-14)16-8-15-17(12-26-18(15)9-21-16)24-5-2-20-3-6-24/h8-9,12-14,20H,1-7,10-11H2,(H,22,25). The number of aromatic nitrogens is 1. The quantitative estimate of drug-likeness (QED) is 0.857. The average molecular weight is 372 g/mol. The van der Waals surface area contributed by atoms with Gasteiger partial charge in [-0.1, -0.05) is 0 Å². The van der Waals surface area contributed by atoms with Crippen molar-refractivity contribution in [3.05, 3.63) is 23.3 Å². The van der Waals surface area contributed by atoms with Gasteiger partial charge < -0.3 is 20.4 Å². The molecule has 2 aromatic heterocycles. The summed E-state index contributed by atoms with van der Waals surface area (Å²) in [5.41, 5.74) is 1.78. The molecule has 1 amide bonds. The number of amides is 1. The Morgan fingerprint density at radius 1 is 1.27 bits per heavy atom. The first-order valence-electron chi connectivity index (χ1n) is 9.62. The highest BCUT2D eigenvalue weighted by atomic mass is 32.1. The van der Waals surface area contributed by atoms with Gasteiger partial charge in [0.15, 0.2) is 0 Å². The lowest BCUT2D eigenvalue weighted by Crippen LogP contribution is -2.47. The van der Waals surface area contributed by atoms with Crippen molar-refractivity contribution in [2.24, 2.45) is 5.92 Å². The second-order valence-corrected chi connectivity index (χ2v) is 8.66. The number of rotatable bonds is 3. The lowest BCUT2D eigenvalue weighted by atomic mass is 9.97. The van der Waals surface area contributed by atoms with Gasteiger partial charge in [-0.3, -0.25) is 4.79 Å². The van der Waals surface area contributed by atoms with E-state index in [9.17, 15) is 4.79 Å². The smallest absolute Gasteiger partial charge is 0.270 e. The monoisotopic (exact) mass is 371 g/mol. The van der Waals surface area contributed by atoms with E-state index in [-0.39, 0.29) is 11.9 Å². The Bertz CT molecular complexity index is 803. The molecule has 3 atom stereocenters. The number of nitrogens with one attached hydrogen (secondary N) is 2. The number of hydrogen-bond acceptors (Lipinski definition) is 6. The molecule has 0 aliphatic carbocycles. The number of nitrogens with zero attached hydrogens (tertiary/aromatic N) is 3. The fourth-order valence-electron chi connectivity index (χ4n) is 4.62. The summed E-state index contributed by atoms with van der Waals surface area (Å²) in [6.07, 6.45) is 4.24. The van der Waals surface area contributed by atoms with Crippen LogP contribution in [-0.4, -0.2) is 67.6 Å². The number of thiophene rings is 1. The van der Waals surface area contributed by atoms with Crippen LogP contribution in [0.25, 0.3) is 10.1 Å². The molecule has 3 unspecified atom stereocenters. The molecule has 7 heteroatoms. The van der Waals surface area contributed by atoms with Crippen LogP contribution in [0.5, 0.6) is 0 Å². The Balaban J connectivity index is 1.35. The van der Waals surface area contributed by atoms with Gasteiger partial charge in [0.25, 0.3) is 5.91 Å². The number of hydrogen-bond donors (Lipinski definition) is 2. The van der Waals surface area contributed by atoms with E-state index in [4.69, 9.17) is 0 Å². The zero-order valence-corrected chi connectivity index (χ0v) is 15.7. The van der Waals surface area contributed by atoms with Crippen molar-refractivity contribution in [2.45, 2.75) is 18.9 Å². The van der Waals surface area contributed by atoms with E-state index >= 15 is 0 Å². The molecule has 2 N–H and O–H groups in total. The average Bonchev–Trinajstić information content (AvgIpc) is 3.24. The van der Waals surface area contributed by atoms with Crippen molar-refractivity contribution < 1.29 is 4.79 Å². The number of anilines is 1. The van der Waals surface area contributed by atoms with Crippen LogP contribution in [0, 0.1) is 5.92 Å². The number of fused-ring (bicyclic) bond motifs is 3. The third kappa shape index (κ3) is 3.08. The molecule has 5 rings (SSSR count). The van der Waals surface area contributed by atoms with E-state index in [1.54, 1.807) is 11.3 Å². The minimum atomic E-state index is -0.0307. The van der Waals surface area contributed by atoms with Gasteiger partial charge in [-0.25, -0.2) is 4.98 Å². The van der Waals surface area contributed by atoms with Crippen LogP contribution < -0.4 is 15.5 Å². The van der Waals surface area contributed by atoms with E-state index in [0.29, 0.717) is 5.69 Å². The summed E-state index contributed by atoms with van der Waals surface area (Å²) in [4.78, 5) is 22.1. The maximum absolute atomic E-state index is 12.8. The Hall–Kier alpha value is -1.70. The van der Waals surface area contributed by atoms with E-state index in [0.717, 1.165) is 55.1 Å². The van der Waals surface area contributed by atoms with Crippen molar-refractivity contribution in [3.63, 3.8) is 0 Å². The predicted molar refractivity (Wildman–Crippen MR) is 105 cm³/mol. The van der Waals surface area contributed by atoms with Crippen LogP contribution in [0.2, 0.25) is 0 Å². The van der Waals surface area contributed by atoms with Crippen LogP contribution in [0.15, 0.2) is 17.6 Å². The van der Waals surface area contributed by atoms with Gasteiger partial charge in [0.1, 0.15) is 5.69 Å². The van der Waals surface area contributed by atoms with Crippen LogP contribution in [0.1, 0.15) is 23.3 Å². The SMILES string of the molecule is O=C(NC1CC2CCN(C2)C1)c1cc2c(N3CCNCC3)csc2cn1. The minimum absolute atomic E-state index is 0.0307. The molecule has 0 saturated carbocycles. The first-order valence-corrected chi connectivity index (χ1v) is 10.5. The molecule has 5 heterocycles. The summed E-state index contributed by atoms with van der Waals surface area (Å²) < 4.78 is 1.15. The third-order valence-electron chi connectivity index (χ3n) is 5.93. The fraction of sp³-hybridized carbons (Fsp3) is 0.579. The van der Waals surface area contributed by atoms with Crippen molar-refractivity contribution in [1.82, 2.24) is 20.5 Å². The molecule has 0 radical (unpaired) electrons. The van der Waals surface area contributed by atoms with Crippen LogP contribution in [0.4, 0.5) is 5.69 Å². The fourth-order valence-corrected chi connectivity index (χ4v) is 5.54. The van der Waals surface area contributed by atoms with E-state index < -0.39 is 0 Å². The molecule has 138 valence electrons. The molecule has 2 bridgehead atoms. The first kappa shape index (κ1) is 16.5. The topological polar surface area (TPSA) is 60.5 Å². The van der Waals surface area contributed by atoms with E-state index in [2.05, 4.69) is 30.8 Å². The molecule has 0 aromatic carbocycles. The number of piperazine rings is 1. The van der Waals surface area contributed by atoms with E-state index in [1.165, 1.54) is 25.2 Å². The van der Waals surface area contributed by atoms with Gasteiger partial charge in [0.05, 0.1) is 10.4 Å². The number of carbonyl (C=O) groups excluding carboxylic acids is 1. The highest BCUT2D eigenvalue weighted by Crippen LogP contribution is 2.33. The Morgan fingerprint density at radius 2 is 2.15 bits per heavy atom. The Morgan fingerprint density at radius 3 is 3.00 bits per heavy atom. The third-order valence-corrected chi connectivity index (χ3v) is 6.85. The lowest BCUT2D eigenvalue weighted by molar-refractivity contribution is 0.0904. The second kappa shape index (κ2) is 6.79. The highest BCUT2D eigenvalue weighted by molar-refractivity contribution is 7.17. The molecule has 6 nitrogen and oxygen atoms in total. The lowest BCUT2D eigenvalue weighted by Gasteiger charge is -2.30. The molecular weight excluding hydrogens is 346 g/mol. The molecular formula is C19H25N5OS. The van der Waals surface area contributed by atoms with Gasteiger partial charge in [0, 0.05) is 62.3 Å². The molecule has 3 fully saturated rings. The molecule has 3 saturated heterocycles. The maximum atomic E-state index is 12.8. The zero-order valence-electron chi connectivity index (χ0n) is 14.9. The van der Waals surface area contributed by atoms with Crippen LogP contribution in [0.3, 0.4) is 0 Å². The molecule has 3 aliphatic rings. The highest BCUT2D eigenvalue weighted by Gasteiger charge is 2.33. The number of piperidine rings is 1. The summed E-state index contributed by atoms with van der Waals surface area (Å²) in [5.74, 6) is 0.720. The van der Waals surface area contributed by atoms with Gasteiger partial charge in [-0.05, 0) is 31.4 Å². The molecule has 0 spiro atoms. The van der Waals surface area contributed by atoms with Gasteiger partial charge >= 0.3 is 0 Å². The zero-order chi connectivity index (χ0) is 17.5. The molecule has 2 aromatic rings. The number of pyridine rings is 1. The van der Waals surface area contributed by atoms with Gasteiger partial charge in [-0.2, -0.15) is 0 Å². The van der Waals surface area contributed by atoms with Gasteiger partial charge in [0.2, 0.25) is 0 Å². The largest absolute Gasteiger partial charge is 0.368 e. The second-order valence-electron chi connectivity index (χ2n) is 7.74. The Labute approximate surface area is 157 Å². The molecule has 3 aliphatic heterocycles. The van der Waals surface area contributed by atoms with Crippen LogP contribution in [-0.2, 0) is 0 Å². The van der Waals surface area contributed by atoms with Crippen molar-refractivity contribution >= 4 is 33.0 Å². The summed E-state index contributed by atoms with van der Waals surface area (Å²) in [5, 5.41) is 9.98. The van der Waals surface area contributed by atoms with E-state index in [1.807, 2.05) is 12.3 Å². The maximum Gasteiger partial charge on any atom is 0.270 e. The van der Waals surface area contributed by atoms with Gasteiger partial charge in [-0.15, -0.1) is 11.3 Å². The predicted octanol–water partition coefficient (Wildman–Crippen LogP) is 1.53. The first-order chi connectivity index (χ1) is 12.8. The summed E-state index contributed by atoms with van der Waals surface area (Å²) in [7, 11) is 0.